The molecule has 0 saturated carbocycles. The zero-order chi connectivity index (χ0) is 21.3. The monoisotopic (exact) mass is 415 g/mol. The molecule has 2 aromatic carbocycles. The number of nitrogens with zero attached hydrogens (tertiary/aromatic N) is 1. The molecule has 30 heavy (non-hydrogen) atoms. The second-order valence-corrected chi connectivity index (χ2v) is 6.83. The normalized spacial score (nSPS) is 12.0. The van der Waals surface area contributed by atoms with Crippen molar-refractivity contribution in [3.63, 3.8) is 0 Å². The van der Waals surface area contributed by atoms with E-state index in [2.05, 4.69) is 0 Å². The number of hydrogen-bond donors (Lipinski definition) is 1. The summed E-state index contributed by atoms with van der Waals surface area (Å²) < 4.78 is 35.3. The van der Waals surface area contributed by atoms with Crippen LogP contribution in [0.4, 0.5) is 4.39 Å². The second-order valence-electron chi connectivity index (χ2n) is 6.83. The van der Waals surface area contributed by atoms with Crippen molar-refractivity contribution in [3.8, 4) is 17.2 Å². The smallest absolute Gasteiger partial charge is 0.165 e. The molecule has 0 aliphatic heterocycles. The van der Waals surface area contributed by atoms with Crippen molar-refractivity contribution in [1.29, 1.82) is 0 Å². The summed E-state index contributed by atoms with van der Waals surface area (Å²) in [6, 6.07) is 15.5. The zero-order valence-electron chi connectivity index (χ0n) is 17.1. The molecule has 1 aromatic heterocycles. The van der Waals surface area contributed by atoms with Gasteiger partial charge in [0, 0.05) is 13.1 Å². The number of para-hydroxylation sites is 1. The van der Waals surface area contributed by atoms with Crippen molar-refractivity contribution in [2.24, 2.45) is 0 Å². The van der Waals surface area contributed by atoms with Crippen LogP contribution in [0.5, 0.6) is 17.2 Å². The summed E-state index contributed by atoms with van der Waals surface area (Å²) >= 11 is 0. The first-order valence-corrected chi connectivity index (χ1v) is 9.60. The van der Waals surface area contributed by atoms with Gasteiger partial charge < -0.3 is 23.7 Å². The molecule has 1 N–H and O–H groups in total. The van der Waals surface area contributed by atoms with Crippen LogP contribution in [0.1, 0.15) is 11.3 Å². The van der Waals surface area contributed by atoms with Crippen molar-refractivity contribution >= 4 is 0 Å². The third-order valence-corrected chi connectivity index (χ3v) is 4.55. The van der Waals surface area contributed by atoms with Crippen LogP contribution in [0.3, 0.4) is 0 Å². The number of rotatable bonds is 11. The molecule has 0 bridgehead atoms. The predicted octanol–water partition coefficient (Wildman–Crippen LogP) is 3.88. The quantitative estimate of drug-likeness (QED) is 0.513. The SMILES string of the molecule is COc1ccc(CN(Cc2ccco2)CC(O)COc2ccccc2F)cc1OC. The number of methoxy groups -OCH3 is 2. The van der Waals surface area contributed by atoms with Crippen LogP contribution in [0.2, 0.25) is 0 Å². The zero-order valence-corrected chi connectivity index (χ0v) is 17.1. The van der Waals surface area contributed by atoms with Gasteiger partial charge in [0.2, 0.25) is 0 Å². The van der Waals surface area contributed by atoms with E-state index in [9.17, 15) is 9.50 Å². The van der Waals surface area contributed by atoms with Crippen LogP contribution in [0.15, 0.2) is 65.3 Å². The Hall–Kier alpha value is -3.03. The van der Waals surface area contributed by atoms with Crippen molar-refractivity contribution < 1.29 is 28.1 Å². The lowest BCUT2D eigenvalue weighted by Crippen LogP contribution is -2.35. The van der Waals surface area contributed by atoms with Gasteiger partial charge in [-0.05, 0) is 42.0 Å². The molecule has 6 nitrogen and oxygen atoms in total. The number of aliphatic hydroxyl groups excluding tert-OH is 1. The number of halogens is 1. The topological polar surface area (TPSA) is 64.3 Å². The summed E-state index contributed by atoms with van der Waals surface area (Å²) in [6.45, 7) is 1.32. The minimum absolute atomic E-state index is 0.0263. The number of hydrogen-bond acceptors (Lipinski definition) is 6. The van der Waals surface area contributed by atoms with Gasteiger partial charge in [0.05, 0.1) is 27.0 Å². The summed E-state index contributed by atoms with van der Waals surface area (Å²) in [5, 5.41) is 10.5. The Labute approximate surface area is 175 Å². The van der Waals surface area contributed by atoms with Gasteiger partial charge in [-0.25, -0.2) is 4.39 Å². The van der Waals surface area contributed by atoms with Gasteiger partial charge in [0.1, 0.15) is 18.5 Å². The summed E-state index contributed by atoms with van der Waals surface area (Å²) in [5.74, 6) is 1.72. The van der Waals surface area contributed by atoms with Crippen LogP contribution < -0.4 is 14.2 Å². The van der Waals surface area contributed by atoms with Crippen molar-refractivity contribution in [2.75, 3.05) is 27.4 Å². The lowest BCUT2D eigenvalue weighted by molar-refractivity contribution is 0.0592. The first-order chi connectivity index (χ1) is 14.6. The molecule has 0 saturated heterocycles. The van der Waals surface area contributed by atoms with Crippen LogP contribution in [0.25, 0.3) is 0 Å². The maximum absolute atomic E-state index is 13.7. The van der Waals surface area contributed by atoms with E-state index in [1.54, 1.807) is 32.6 Å². The van der Waals surface area contributed by atoms with E-state index >= 15 is 0 Å². The van der Waals surface area contributed by atoms with E-state index in [1.807, 2.05) is 35.2 Å². The lowest BCUT2D eigenvalue weighted by atomic mass is 10.1. The molecular weight excluding hydrogens is 389 g/mol. The molecule has 0 spiro atoms. The number of ether oxygens (including phenoxy) is 3. The van der Waals surface area contributed by atoms with Gasteiger partial charge in [0.25, 0.3) is 0 Å². The van der Waals surface area contributed by atoms with Gasteiger partial charge in [-0.2, -0.15) is 0 Å². The highest BCUT2D eigenvalue weighted by molar-refractivity contribution is 5.42. The van der Waals surface area contributed by atoms with Crippen LogP contribution in [0, 0.1) is 5.82 Å². The highest BCUT2D eigenvalue weighted by Crippen LogP contribution is 2.28. The maximum Gasteiger partial charge on any atom is 0.165 e. The minimum Gasteiger partial charge on any atom is -0.493 e. The Kier molecular flexibility index (Phi) is 7.70. The minimum atomic E-state index is -0.820. The van der Waals surface area contributed by atoms with E-state index in [0.717, 1.165) is 11.3 Å². The highest BCUT2D eigenvalue weighted by atomic mass is 19.1. The van der Waals surface area contributed by atoms with Gasteiger partial charge in [-0.15, -0.1) is 0 Å². The van der Waals surface area contributed by atoms with Crippen LogP contribution in [-0.4, -0.2) is 43.5 Å². The maximum atomic E-state index is 13.7. The number of furan rings is 1. The lowest BCUT2D eigenvalue weighted by Gasteiger charge is -2.25. The Morgan fingerprint density at radius 1 is 0.967 bits per heavy atom. The van der Waals surface area contributed by atoms with Crippen LogP contribution >= 0.6 is 0 Å². The number of aliphatic hydroxyl groups is 1. The third-order valence-electron chi connectivity index (χ3n) is 4.55. The molecule has 1 atom stereocenters. The largest absolute Gasteiger partial charge is 0.493 e. The fourth-order valence-electron chi connectivity index (χ4n) is 3.14. The predicted molar refractivity (Wildman–Crippen MR) is 110 cm³/mol. The molecule has 7 heteroatoms. The standard InChI is InChI=1S/C23H26FNO5/c1-27-22-10-9-17(12-23(22)28-2)13-25(15-19-6-5-11-29-19)14-18(26)16-30-21-8-4-3-7-20(21)24/h3-12,18,26H,13-16H2,1-2H3. The van der Waals surface area contributed by atoms with Crippen molar-refractivity contribution in [1.82, 2.24) is 4.90 Å². The molecule has 0 aliphatic carbocycles. The fourth-order valence-corrected chi connectivity index (χ4v) is 3.14. The molecular formula is C23H26FNO5. The Balaban J connectivity index is 1.67. The Morgan fingerprint density at radius 2 is 1.77 bits per heavy atom. The highest BCUT2D eigenvalue weighted by Gasteiger charge is 2.17. The molecule has 0 radical (unpaired) electrons. The summed E-state index contributed by atoms with van der Waals surface area (Å²) in [4.78, 5) is 2.02. The molecule has 0 amide bonds. The fraction of sp³-hybridized carbons (Fsp3) is 0.304. The molecule has 160 valence electrons. The van der Waals surface area contributed by atoms with Crippen molar-refractivity contribution in [2.45, 2.75) is 19.2 Å². The Morgan fingerprint density at radius 3 is 2.47 bits per heavy atom. The summed E-state index contributed by atoms with van der Waals surface area (Å²) in [5.41, 5.74) is 0.987. The molecule has 0 aliphatic rings. The second kappa shape index (κ2) is 10.7. The first kappa shape index (κ1) is 21.7. The van der Waals surface area contributed by atoms with E-state index in [4.69, 9.17) is 18.6 Å². The molecule has 3 rings (SSSR count). The van der Waals surface area contributed by atoms with Crippen LogP contribution in [-0.2, 0) is 13.1 Å². The van der Waals surface area contributed by atoms with E-state index < -0.39 is 11.9 Å². The van der Waals surface area contributed by atoms with Gasteiger partial charge in [0.15, 0.2) is 23.1 Å². The first-order valence-electron chi connectivity index (χ1n) is 9.60. The van der Waals surface area contributed by atoms with Gasteiger partial charge in [-0.3, -0.25) is 4.90 Å². The average molecular weight is 415 g/mol. The third kappa shape index (κ3) is 5.98. The molecule has 3 aromatic rings. The Bertz CT molecular complexity index is 916. The van der Waals surface area contributed by atoms with E-state index in [-0.39, 0.29) is 12.4 Å². The van der Waals surface area contributed by atoms with Gasteiger partial charge >= 0.3 is 0 Å². The number of benzene rings is 2. The summed E-state index contributed by atoms with van der Waals surface area (Å²) in [7, 11) is 3.18. The van der Waals surface area contributed by atoms with E-state index in [0.29, 0.717) is 31.1 Å². The van der Waals surface area contributed by atoms with Gasteiger partial charge in [-0.1, -0.05) is 18.2 Å². The van der Waals surface area contributed by atoms with E-state index in [1.165, 1.54) is 12.1 Å². The summed E-state index contributed by atoms with van der Waals surface area (Å²) in [6.07, 6.45) is 0.793. The molecule has 1 unspecified atom stereocenters. The molecule has 1 heterocycles. The molecule has 0 fully saturated rings. The average Bonchev–Trinajstić information content (AvgIpc) is 3.26. The van der Waals surface area contributed by atoms with Crippen molar-refractivity contribution in [3.05, 3.63) is 78.0 Å².